The van der Waals surface area contributed by atoms with Crippen LogP contribution < -0.4 is 5.32 Å². The van der Waals surface area contributed by atoms with Crippen LogP contribution in [0.25, 0.3) is 16.9 Å². The maximum Gasteiger partial charge on any atom is 0.273 e. The largest absolute Gasteiger partial charge is 0.346 e. The summed E-state index contributed by atoms with van der Waals surface area (Å²) in [7, 11) is 0. The number of hydrogen-bond donors (Lipinski definition) is 2. The molecule has 8 heteroatoms. The topological polar surface area (TPSA) is 88.5 Å². The molecule has 2 N–H and O–H groups in total. The standard InChI is InChI=1S/C20H17BrN6O/c1-13-17(21)19(25-24-13)20(28)23-11-15-12-27(16-5-3-2-4-6-16)26-18(15)14-7-9-22-10-8-14/h2-10,12H,11H2,1H3,(H,23,28)(H,24,25). The summed E-state index contributed by atoms with van der Waals surface area (Å²) in [5.41, 5.74) is 4.71. The molecule has 0 fully saturated rings. The highest BCUT2D eigenvalue weighted by atomic mass is 79.9. The summed E-state index contributed by atoms with van der Waals surface area (Å²) in [5.74, 6) is -0.260. The van der Waals surface area contributed by atoms with Crippen molar-refractivity contribution in [2.45, 2.75) is 13.5 Å². The second-order valence-electron chi connectivity index (χ2n) is 6.21. The van der Waals surface area contributed by atoms with Gasteiger partial charge in [0, 0.05) is 42.0 Å². The van der Waals surface area contributed by atoms with Gasteiger partial charge in [-0.15, -0.1) is 0 Å². The molecule has 0 saturated carbocycles. The fourth-order valence-electron chi connectivity index (χ4n) is 2.83. The summed E-state index contributed by atoms with van der Waals surface area (Å²) < 4.78 is 2.48. The normalized spacial score (nSPS) is 10.8. The van der Waals surface area contributed by atoms with E-state index in [9.17, 15) is 4.79 Å². The highest BCUT2D eigenvalue weighted by Crippen LogP contribution is 2.24. The van der Waals surface area contributed by atoms with E-state index in [1.807, 2.05) is 60.3 Å². The van der Waals surface area contributed by atoms with Gasteiger partial charge in [-0.3, -0.25) is 14.9 Å². The molecule has 0 aliphatic rings. The number of carbonyl (C=O) groups is 1. The number of nitrogens with zero attached hydrogens (tertiary/aromatic N) is 4. The van der Waals surface area contributed by atoms with Crippen molar-refractivity contribution in [3.05, 3.63) is 82.5 Å². The van der Waals surface area contributed by atoms with E-state index in [1.165, 1.54) is 0 Å². The molecule has 0 aliphatic carbocycles. The second kappa shape index (κ2) is 7.77. The number of carbonyl (C=O) groups excluding carboxylic acids is 1. The van der Waals surface area contributed by atoms with Gasteiger partial charge in [0.15, 0.2) is 5.69 Å². The lowest BCUT2D eigenvalue weighted by atomic mass is 10.1. The molecule has 1 aromatic carbocycles. The first kappa shape index (κ1) is 18.1. The molecule has 3 aromatic heterocycles. The molecule has 28 heavy (non-hydrogen) atoms. The van der Waals surface area contributed by atoms with Gasteiger partial charge in [0.2, 0.25) is 0 Å². The zero-order valence-electron chi connectivity index (χ0n) is 15.1. The van der Waals surface area contributed by atoms with Crippen LogP contribution in [0, 0.1) is 6.92 Å². The molecule has 0 aliphatic heterocycles. The Morgan fingerprint density at radius 3 is 2.61 bits per heavy atom. The SMILES string of the molecule is Cc1[nH]nc(C(=O)NCc2cn(-c3ccccc3)nc2-c2ccncc2)c1Br. The minimum absolute atomic E-state index is 0.260. The number of aryl methyl sites for hydroxylation is 1. The Labute approximate surface area is 170 Å². The van der Waals surface area contributed by atoms with Gasteiger partial charge in [-0.05, 0) is 47.1 Å². The Morgan fingerprint density at radius 2 is 1.93 bits per heavy atom. The van der Waals surface area contributed by atoms with Gasteiger partial charge in [-0.1, -0.05) is 18.2 Å². The Balaban J connectivity index is 1.64. The van der Waals surface area contributed by atoms with Crippen molar-refractivity contribution >= 4 is 21.8 Å². The first-order valence-electron chi connectivity index (χ1n) is 8.66. The van der Waals surface area contributed by atoms with Crippen molar-refractivity contribution in [3.8, 4) is 16.9 Å². The molecule has 0 bridgehead atoms. The van der Waals surface area contributed by atoms with Crippen molar-refractivity contribution in [1.29, 1.82) is 0 Å². The molecular weight excluding hydrogens is 420 g/mol. The third kappa shape index (κ3) is 3.59. The van der Waals surface area contributed by atoms with Gasteiger partial charge < -0.3 is 5.32 Å². The number of rotatable bonds is 5. The third-order valence-electron chi connectivity index (χ3n) is 4.29. The van der Waals surface area contributed by atoms with E-state index in [1.54, 1.807) is 12.4 Å². The van der Waals surface area contributed by atoms with E-state index < -0.39 is 0 Å². The summed E-state index contributed by atoms with van der Waals surface area (Å²) in [5, 5.41) is 14.5. The fourth-order valence-corrected chi connectivity index (χ4v) is 3.19. The van der Waals surface area contributed by atoms with E-state index in [0.29, 0.717) is 16.7 Å². The molecule has 0 atom stereocenters. The highest BCUT2D eigenvalue weighted by Gasteiger charge is 2.18. The van der Waals surface area contributed by atoms with Gasteiger partial charge in [0.25, 0.3) is 5.91 Å². The van der Waals surface area contributed by atoms with Gasteiger partial charge in [0.05, 0.1) is 15.9 Å². The van der Waals surface area contributed by atoms with Crippen LogP contribution in [0.4, 0.5) is 0 Å². The molecule has 7 nitrogen and oxygen atoms in total. The van der Waals surface area contributed by atoms with Crippen LogP contribution in [0.2, 0.25) is 0 Å². The number of para-hydroxylation sites is 1. The molecule has 0 radical (unpaired) electrons. The van der Waals surface area contributed by atoms with Gasteiger partial charge in [-0.25, -0.2) is 4.68 Å². The molecule has 0 spiro atoms. The number of hydrogen-bond acceptors (Lipinski definition) is 4. The predicted molar refractivity (Wildman–Crippen MR) is 109 cm³/mol. The van der Waals surface area contributed by atoms with E-state index in [4.69, 9.17) is 5.10 Å². The minimum Gasteiger partial charge on any atom is -0.346 e. The van der Waals surface area contributed by atoms with Crippen LogP contribution in [0.15, 0.2) is 65.5 Å². The van der Waals surface area contributed by atoms with E-state index in [-0.39, 0.29) is 5.91 Å². The molecule has 3 heterocycles. The summed E-state index contributed by atoms with van der Waals surface area (Å²) in [6, 6.07) is 13.6. The van der Waals surface area contributed by atoms with Crippen LogP contribution in [0.5, 0.6) is 0 Å². The quantitative estimate of drug-likeness (QED) is 0.499. The molecule has 1 amide bonds. The van der Waals surface area contributed by atoms with Crippen LogP contribution >= 0.6 is 15.9 Å². The number of halogens is 1. The highest BCUT2D eigenvalue weighted by molar-refractivity contribution is 9.10. The average Bonchev–Trinajstić information content (AvgIpc) is 3.31. The van der Waals surface area contributed by atoms with E-state index >= 15 is 0 Å². The van der Waals surface area contributed by atoms with Crippen molar-refractivity contribution in [2.75, 3.05) is 0 Å². The monoisotopic (exact) mass is 436 g/mol. The maximum atomic E-state index is 12.5. The second-order valence-corrected chi connectivity index (χ2v) is 7.01. The number of H-pyrrole nitrogens is 1. The fraction of sp³-hybridized carbons (Fsp3) is 0.100. The van der Waals surface area contributed by atoms with E-state index in [2.05, 4.69) is 36.4 Å². The predicted octanol–water partition coefficient (Wildman–Crippen LogP) is 3.66. The van der Waals surface area contributed by atoms with Gasteiger partial charge in [-0.2, -0.15) is 10.2 Å². The lowest BCUT2D eigenvalue weighted by Crippen LogP contribution is -2.23. The Hall–Kier alpha value is -3.26. The van der Waals surface area contributed by atoms with Gasteiger partial charge in [0.1, 0.15) is 0 Å². The lowest BCUT2D eigenvalue weighted by molar-refractivity contribution is 0.0945. The third-order valence-corrected chi connectivity index (χ3v) is 5.26. The Bertz CT molecular complexity index is 1100. The van der Waals surface area contributed by atoms with Crippen molar-refractivity contribution in [3.63, 3.8) is 0 Å². The summed E-state index contributed by atoms with van der Waals surface area (Å²) in [6.45, 7) is 2.17. The Kier molecular flexibility index (Phi) is 5.03. The van der Waals surface area contributed by atoms with Crippen LogP contribution in [0.3, 0.4) is 0 Å². The van der Waals surface area contributed by atoms with Crippen molar-refractivity contribution in [1.82, 2.24) is 30.3 Å². The summed E-state index contributed by atoms with van der Waals surface area (Å²) in [4.78, 5) is 16.6. The van der Waals surface area contributed by atoms with Crippen LogP contribution in [-0.4, -0.2) is 30.9 Å². The molecule has 0 saturated heterocycles. The number of nitrogens with one attached hydrogen (secondary N) is 2. The molecule has 4 aromatic rings. The van der Waals surface area contributed by atoms with Crippen LogP contribution in [-0.2, 0) is 6.54 Å². The summed E-state index contributed by atoms with van der Waals surface area (Å²) >= 11 is 3.38. The molecular formula is C20H17BrN6O. The number of aromatic nitrogens is 5. The zero-order valence-corrected chi connectivity index (χ0v) is 16.6. The minimum atomic E-state index is -0.260. The zero-order chi connectivity index (χ0) is 19.5. The maximum absolute atomic E-state index is 12.5. The number of amides is 1. The molecule has 140 valence electrons. The summed E-state index contributed by atoms with van der Waals surface area (Å²) in [6.07, 6.45) is 5.38. The van der Waals surface area contributed by atoms with Crippen LogP contribution in [0.1, 0.15) is 21.7 Å². The molecule has 4 rings (SSSR count). The first-order chi connectivity index (χ1) is 13.6. The lowest BCUT2D eigenvalue weighted by Gasteiger charge is -2.04. The van der Waals surface area contributed by atoms with E-state index in [0.717, 1.165) is 28.2 Å². The van der Waals surface area contributed by atoms with Crippen molar-refractivity contribution in [2.24, 2.45) is 0 Å². The average molecular weight is 437 g/mol. The number of benzene rings is 1. The van der Waals surface area contributed by atoms with Gasteiger partial charge >= 0.3 is 0 Å². The smallest absolute Gasteiger partial charge is 0.273 e. The number of pyridine rings is 1. The molecule has 0 unspecified atom stereocenters. The van der Waals surface area contributed by atoms with Crippen molar-refractivity contribution < 1.29 is 4.79 Å². The Morgan fingerprint density at radius 1 is 1.18 bits per heavy atom. The first-order valence-corrected chi connectivity index (χ1v) is 9.46. The number of aromatic amines is 1.